The number of fused-ring (bicyclic) bond motifs is 1. The molecule has 1 unspecified atom stereocenters. The molecule has 0 radical (unpaired) electrons. The van der Waals surface area contributed by atoms with Crippen molar-refractivity contribution in [2.24, 2.45) is 5.92 Å². The molecule has 0 N–H and O–H groups in total. The van der Waals surface area contributed by atoms with Gasteiger partial charge < -0.3 is 4.74 Å². The minimum Gasteiger partial charge on any atom is -0.379 e. The third kappa shape index (κ3) is 6.39. The molecular formula is C27H34N4O6S3. The van der Waals surface area contributed by atoms with E-state index in [0.29, 0.717) is 66.2 Å². The molecule has 2 aliphatic rings. The standard InChI is InChI=1S/C27H34N4O6S3/c1-20-4-3-11-30(19-20)40(35,36)22-7-5-21(6-8-22)26(32)31(13-12-29-14-16-37-17-15-29)27-28-24-10-9-23(39(2,33)34)18-25(24)38-27/h5-10,18,20H,3-4,11-17,19H2,1-2H3. The number of ether oxygens (including phenoxy) is 1. The molecule has 0 aliphatic carbocycles. The summed E-state index contributed by atoms with van der Waals surface area (Å²) in [5, 5.41) is 0.456. The van der Waals surface area contributed by atoms with Gasteiger partial charge in [0.15, 0.2) is 15.0 Å². The number of benzene rings is 2. The Bertz CT molecular complexity index is 1580. The van der Waals surface area contributed by atoms with E-state index in [0.717, 1.165) is 32.2 Å². The molecular weight excluding hydrogens is 573 g/mol. The van der Waals surface area contributed by atoms with Crippen molar-refractivity contribution in [3.05, 3.63) is 48.0 Å². The summed E-state index contributed by atoms with van der Waals surface area (Å²) in [5.74, 6) is 0.0120. The number of anilines is 1. The molecule has 2 fully saturated rings. The molecule has 13 heteroatoms. The lowest BCUT2D eigenvalue weighted by Crippen LogP contribution is -2.43. The minimum atomic E-state index is -3.64. The van der Waals surface area contributed by atoms with E-state index in [1.54, 1.807) is 29.2 Å². The van der Waals surface area contributed by atoms with Crippen LogP contribution in [0.25, 0.3) is 10.2 Å². The van der Waals surface area contributed by atoms with Crippen LogP contribution in [0.4, 0.5) is 5.13 Å². The predicted molar refractivity (Wildman–Crippen MR) is 155 cm³/mol. The van der Waals surface area contributed by atoms with Gasteiger partial charge in [0, 0.05) is 51.1 Å². The van der Waals surface area contributed by atoms with Crippen LogP contribution in [0.1, 0.15) is 30.1 Å². The Hall–Kier alpha value is -2.42. The van der Waals surface area contributed by atoms with Gasteiger partial charge in [-0.1, -0.05) is 18.3 Å². The Kier molecular flexibility index (Phi) is 8.60. The lowest BCUT2D eigenvalue weighted by atomic mass is 10.0. The highest BCUT2D eigenvalue weighted by molar-refractivity contribution is 7.90. The summed E-state index contributed by atoms with van der Waals surface area (Å²) >= 11 is 1.26. The highest BCUT2D eigenvalue weighted by Gasteiger charge is 2.29. The quantitative estimate of drug-likeness (QED) is 0.384. The van der Waals surface area contributed by atoms with Gasteiger partial charge in [-0.05, 0) is 61.2 Å². The Balaban J connectivity index is 1.42. The van der Waals surface area contributed by atoms with Gasteiger partial charge in [-0.25, -0.2) is 21.8 Å². The average molecular weight is 607 g/mol. The molecule has 216 valence electrons. The smallest absolute Gasteiger partial charge is 0.260 e. The first-order chi connectivity index (χ1) is 19.0. The number of carbonyl (C=O) groups excluding carboxylic acids is 1. The van der Waals surface area contributed by atoms with Crippen molar-refractivity contribution in [2.45, 2.75) is 29.6 Å². The number of morpholine rings is 1. The predicted octanol–water partition coefficient (Wildman–Crippen LogP) is 3.10. The summed E-state index contributed by atoms with van der Waals surface area (Å²) in [6.07, 6.45) is 3.01. The van der Waals surface area contributed by atoms with Crippen LogP contribution < -0.4 is 4.90 Å². The van der Waals surface area contributed by atoms with Crippen LogP contribution in [-0.2, 0) is 24.6 Å². The van der Waals surface area contributed by atoms with Gasteiger partial charge in [-0.15, -0.1) is 0 Å². The molecule has 1 amide bonds. The van der Waals surface area contributed by atoms with Gasteiger partial charge in [0.05, 0.1) is 33.2 Å². The van der Waals surface area contributed by atoms with Gasteiger partial charge in [0.2, 0.25) is 10.0 Å². The van der Waals surface area contributed by atoms with Crippen molar-refractivity contribution in [3.8, 4) is 0 Å². The maximum Gasteiger partial charge on any atom is 0.260 e. The summed E-state index contributed by atoms with van der Waals surface area (Å²) in [4.78, 5) is 22.7. The number of carbonyl (C=O) groups is 1. The third-order valence-electron chi connectivity index (χ3n) is 7.36. The summed E-state index contributed by atoms with van der Waals surface area (Å²) in [6.45, 7) is 6.83. The van der Waals surface area contributed by atoms with E-state index in [1.165, 1.54) is 33.8 Å². The minimum absolute atomic E-state index is 0.173. The highest BCUT2D eigenvalue weighted by Crippen LogP contribution is 2.32. The normalized spacial score (nSPS) is 19.6. The SMILES string of the molecule is CC1CCCN(S(=O)(=O)c2ccc(C(=O)N(CCN3CCOCC3)c3nc4ccc(S(C)(=O)=O)cc4s3)cc2)C1. The van der Waals surface area contributed by atoms with Crippen molar-refractivity contribution >= 4 is 52.5 Å². The zero-order chi connectivity index (χ0) is 28.5. The topological polar surface area (TPSA) is 117 Å². The fourth-order valence-electron chi connectivity index (χ4n) is 5.03. The number of nitrogens with zero attached hydrogens (tertiary/aromatic N) is 4. The summed E-state index contributed by atoms with van der Waals surface area (Å²) in [6, 6.07) is 10.9. The maximum atomic E-state index is 13.8. The lowest BCUT2D eigenvalue weighted by molar-refractivity contribution is 0.0391. The molecule has 5 rings (SSSR count). The van der Waals surface area contributed by atoms with Crippen LogP contribution in [0.5, 0.6) is 0 Å². The van der Waals surface area contributed by atoms with Gasteiger partial charge in [0.25, 0.3) is 5.91 Å². The highest BCUT2D eigenvalue weighted by atomic mass is 32.2. The van der Waals surface area contributed by atoms with Gasteiger partial charge in [0.1, 0.15) is 0 Å². The molecule has 40 heavy (non-hydrogen) atoms. The molecule has 1 aromatic heterocycles. The average Bonchev–Trinajstić information content (AvgIpc) is 3.36. The Morgan fingerprint density at radius 1 is 1.05 bits per heavy atom. The molecule has 2 saturated heterocycles. The van der Waals surface area contributed by atoms with E-state index in [9.17, 15) is 21.6 Å². The first-order valence-corrected chi connectivity index (χ1v) is 17.5. The number of aromatic nitrogens is 1. The Morgan fingerprint density at radius 3 is 2.42 bits per heavy atom. The molecule has 0 bridgehead atoms. The second-order valence-electron chi connectivity index (χ2n) is 10.4. The van der Waals surface area contributed by atoms with Crippen LogP contribution in [-0.4, -0.2) is 95.7 Å². The van der Waals surface area contributed by atoms with E-state index in [2.05, 4.69) is 16.8 Å². The van der Waals surface area contributed by atoms with E-state index >= 15 is 0 Å². The Morgan fingerprint density at radius 2 is 1.75 bits per heavy atom. The molecule has 0 spiro atoms. The monoisotopic (exact) mass is 606 g/mol. The second kappa shape index (κ2) is 11.8. The fourth-order valence-corrected chi connectivity index (χ4v) is 8.38. The van der Waals surface area contributed by atoms with Crippen molar-refractivity contribution in [2.75, 3.05) is 63.6 Å². The van der Waals surface area contributed by atoms with E-state index in [-0.39, 0.29) is 15.7 Å². The molecule has 3 heterocycles. The van der Waals surface area contributed by atoms with E-state index in [4.69, 9.17) is 4.74 Å². The zero-order valence-electron chi connectivity index (χ0n) is 22.7. The number of hydrogen-bond donors (Lipinski definition) is 0. The summed E-state index contributed by atoms with van der Waals surface area (Å²) in [5.41, 5.74) is 0.956. The van der Waals surface area contributed by atoms with Gasteiger partial charge in [-0.2, -0.15) is 4.31 Å². The van der Waals surface area contributed by atoms with Crippen molar-refractivity contribution in [1.29, 1.82) is 0 Å². The fraction of sp³-hybridized carbons (Fsp3) is 0.481. The number of hydrogen-bond acceptors (Lipinski definition) is 9. The summed E-state index contributed by atoms with van der Waals surface area (Å²) < 4.78 is 58.2. The molecule has 0 saturated carbocycles. The molecule has 10 nitrogen and oxygen atoms in total. The maximum absolute atomic E-state index is 13.8. The number of rotatable bonds is 8. The van der Waals surface area contributed by atoms with E-state index in [1.807, 2.05) is 0 Å². The van der Waals surface area contributed by atoms with Gasteiger partial charge in [-0.3, -0.25) is 14.6 Å². The number of sulfonamides is 1. The van der Waals surface area contributed by atoms with Crippen LogP contribution in [0, 0.1) is 5.92 Å². The number of piperidine rings is 1. The first-order valence-electron chi connectivity index (χ1n) is 13.4. The van der Waals surface area contributed by atoms with Crippen LogP contribution in [0.15, 0.2) is 52.3 Å². The lowest BCUT2D eigenvalue weighted by Gasteiger charge is -2.30. The zero-order valence-corrected chi connectivity index (χ0v) is 25.1. The summed E-state index contributed by atoms with van der Waals surface area (Å²) in [7, 11) is -7.03. The van der Waals surface area contributed by atoms with Crippen LogP contribution in [0.3, 0.4) is 0 Å². The number of thiazole rings is 1. The second-order valence-corrected chi connectivity index (χ2v) is 15.4. The van der Waals surface area contributed by atoms with Crippen LogP contribution in [0.2, 0.25) is 0 Å². The largest absolute Gasteiger partial charge is 0.379 e. The van der Waals surface area contributed by atoms with Gasteiger partial charge >= 0.3 is 0 Å². The van der Waals surface area contributed by atoms with Crippen molar-refractivity contribution < 1.29 is 26.4 Å². The van der Waals surface area contributed by atoms with Crippen LogP contribution >= 0.6 is 11.3 Å². The third-order valence-corrected chi connectivity index (χ3v) is 11.4. The van der Waals surface area contributed by atoms with E-state index < -0.39 is 19.9 Å². The number of amides is 1. The Labute approximate surface area is 239 Å². The first kappa shape index (κ1) is 29.1. The molecule has 3 aromatic rings. The van der Waals surface area contributed by atoms with Crippen molar-refractivity contribution in [1.82, 2.24) is 14.2 Å². The van der Waals surface area contributed by atoms with Crippen molar-refractivity contribution in [3.63, 3.8) is 0 Å². The molecule has 2 aromatic carbocycles. The number of sulfone groups is 1. The molecule has 2 aliphatic heterocycles. The molecule has 1 atom stereocenters.